The van der Waals surface area contributed by atoms with Gasteiger partial charge in [0.2, 0.25) is 0 Å². The van der Waals surface area contributed by atoms with Crippen molar-refractivity contribution in [3.05, 3.63) is 54.4 Å². The summed E-state index contributed by atoms with van der Waals surface area (Å²) < 4.78 is 2.58. The normalized spacial score (nSPS) is 11.8. The Labute approximate surface area is 540 Å². The van der Waals surface area contributed by atoms with E-state index in [1.54, 1.807) is 0 Å². The van der Waals surface area contributed by atoms with Crippen molar-refractivity contribution in [2.75, 3.05) is 0 Å². The first-order valence-electron chi connectivity index (χ1n) is 36.8. The van der Waals surface area contributed by atoms with Crippen LogP contribution in [0.4, 0.5) is 0 Å². The van der Waals surface area contributed by atoms with Gasteiger partial charge in [-0.2, -0.15) is 0 Å². The number of unbranched alkanes of at least 4 members (excludes halogenated alkanes) is 51. The summed E-state index contributed by atoms with van der Waals surface area (Å²) in [7, 11) is 0. The Kier molecular flexibility index (Phi) is 46.4. The first kappa shape index (κ1) is 74.4. The number of aromatic nitrogens is 2. The van der Waals surface area contributed by atoms with Crippen LogP contribution in [0.15, 0.2) is 31.8 Å². The number of halogens is 2. The second-order valence-electron chi connectivity index (χ2n) is 26.2. The highest BCUT2D eigenvalue weighted by molar-refractivity contribution is 9.11. The van der Waals surface area contributed by atoms with E-state index in [1.165, 1.54) is 392 Å². The molecule has 0 unspecified atom stereocenters. The molecule has 0 atom stereocenters. The Morgan fingerprint density at radius 2 is 0.506 bits per heavy atom. The van der Waals surface area contributed by atoms with E-state index in [4.69, 9.17) is 9.97 Å². The van der Waals surface area contributed by atoms with Gasteiger partial charge in [0.15, 0.2) is 0 Å². The number of rotatable bonds is 59. The molecular formula is C77H130Br2N2S2. The number of fused-ring (bicyclic) bond motifs is 1. The molecule has 0 aliphatic carbocycles. The number of aryl methyl sites for hydroxylation is 4. The van der Waals surface area contributed by atoms with E-state index in [0.717, 1.165) is 36.0 Å². The zero-order chi connectivity index (χ0) is 58.9. The monoisotopic (exact) mass is 1300 g/mol. The van der Waals surface area contributed by atoms with Gasteiger partial charge in [0.1, 0.15) is 0 Å². The summed E-state index contributed by atoms with van der Waals surface area (Å²) in [6.07, 6.45) is 79.7. The molecule has 1 aromatic carbocycles. The van der Waals surface area contributed by atoms with Crippen molar-refractivity contribution in [2.45, 2.75) is 394 Å². The fraction of sp³-hybridized carbons (Fsp3) is 0.792. The molecule has 3 aromatic heterocycles. The summed E-state index contributed by atoms with van der Waals surface area (Å²) in [6.45, 7) is 9.16. The SMILES string of the molecule is CCCCCCCCCCCCCCCCCCCCc1cc(-c2ccc(-c3cc(CCCCCCCCCCCCCCCCCCCC)c(Br)s3)c3nc(CCCCCCCCCCCCCCCCCCCC)c(C)nc23)sc1Br. The van der Waals surface area contributed by atoms with Crippen molar-refractivity contribution < 1.29 is 0 Å². The Hall–Kier alpha value is -1.08. The predicted octanol–water partition coefficient (Wildman–Crippen LogP) is 29.7. The maximum Gasteiger partial charge on any atom is 0.0983 e. The zero-order valence-electron chi connectivity index (χ0n) is 55.1. The summed E-state index contributed by atoms with van der Waals surface area (Å²) in [6, 6.07) is 9.70. The lowest BCUT2D eigenvalue weighted by Gasteiger charge is -2.12. The second-order valence-corrected chi connectivity index (χ2v) is 31.0. The van der Waals surface area contributed by atoms with Crippen LogP contribution >= 0.6 is 54.5 Å². The van der Waals surface area contributed by atoms with E-state index in [9.17, 15) is 0 Å². The Balaban J connectivity index is 1.24. The fourth-order valence-corrected chi connectivity index (χ4v) is 16.5. The van der Waals surface area contributed by atoms with Gasteiger partial charge in [-0.25, -0.2) is 9.97 Å². The lowest BCUT2D eigenvalue weighted by atomic mass is 10.0. The van der Waals surface area contributed by atoms with Crippen LogP contribution in [0.25, 0.3) is 31.9 Å². The van der Waals surface area contributed by atoms with Gasteiger partial charge in [-0.15, -0.1) is 22.7 Å². The van der Waals surface area contributed by atoms with Crippen molar-refractivity contribution in [1.82, 2.24) is 9.97 Å². The molecule has 2 nitrogen and oxygen atoms in total. The average Bonchev–Trinajstić information content (AvgIpc) is 3.32. The summed E-state index contributed by atoms with van der Waals surface area (Å²) in [5, 5.41) is 0. The Morgan fingerprint density at radius 1 is 0.289 bits per heavy atom. The highest BCUT2D eigenvalue weighted by Crippen LogP contribution is 2.44. The molecular weight excluding hydrogens is 1180 g/mol. The van der Waals surface area contributed by atoms with Crippen molar-refractivity contribution in [3.63, 3.8) is 0 Å². The van der Waals surface area contributed by atoms with Gasteiger partial charge in [0.25, 0.3) is 0 Å². The van der Waals surface area contributed by atoms with Crippen LogP contribution in [0.5, 0.6) is 0 Å². The maximum atomic E-state index is 5.62. The van der Waals surface area contributed by atoms with Crippen LogP contribution < -0.4 is 0 Å². The molecule has 0 saturated heterocycles. The molecule has 474 valence electrons. The minimum atomic E-state index is 1.02. The number of nitrogens with zero attached hydrogens (tertiary/aromatic N) is 2. The van der Waals surface area contributed by atoms with Crippen LogP contribution in [0.2, 0.25) is 0 Å². The molecule has 0 fully saturated rings. The molecule has 0 spiro atoms. The molecule has 0 aliphatic heterocycles. The summed E-state index contributed by atoms with van der Waals surface area (Å²) >= 11 is 11.9. The summed E-state index contributed by atoms with van der Waals surface area (Å²) in [5.74, 6) is 0. The lowest BCUT2D eigenvalue weighted by Crippen LogP contribution is -2.01. The van der Waals surface area contributed by atoms with Gasteiger partial charge in [0.05, 0.1) is 30.0 Å². The van der Waals surface area contributed by atoms with Crippen LogP contribution in [0.3, 0.4) is 0 Å². The third kappa shape index (κ3) is 35.0. The minimum Gasteiger partial charge on any atom is -0.249 e. The molecule has 3 heterocycles. The molecule has 0 radical (unpaired) electrons. The van der Waals surface area contributed by atoms with Crippen molar-refractivity contribution in [3.8, 4) is 20.9 Å². The fourth-order valence-electron chi connectivity index (χ4n) is 12.9. The number of benzene rings is 1. The molecule has 4 rings (SSSR count). The lowest BCUT2D eigenvalue weighted by molar-refractivity contribution is 0.525. The van der Waals surface area contributed by atoms with Gasteiger partial charge in [0, 0.05) is 20.9 Å². The predicted molar refractivity (Wildman–Crippen MR) is 384 cm³/mol. The van der Waals surface area contributed by atoms with Gasteiger partial charge >= 0.3 is 0 Å². The van der Waals surface area contributed by atoms with Crippen LogP contribution in [-0.4, -0.2) is 9.97 Å². The largest absolute Gasteiger partial charge is 0.249 e. The standard InChI is InChI=1S/C77H130Br2N2S2/c1-5-8-11-14-17-20-23-26-29-32-35-38-41-44-47-50-53-56-59-67-64-72(82-76(67)78)69-62-63-70(73-65-68(77(79)83-73)60-57-54-51-48-45-42-39-36-33-30-27-24-21-18-15-12-9-6-2)75-74(69)80-66(4)71(81-75)61-58-55-52-49-46-43-40-37-34-31-28-25-22-19-16-13-10-7-3/h62-65H,5-61H2,1-4H3. The zero-order valence-corrected chi connectivity index (χ0v) is 59.9. The number of hydrogen-bond donors (Lipinski definition) is 0. The van der Waals surface area contributed by atoms with E-state index < -0.39 is 0 Å². The topological polar surface area (TPSA) is 25.8 Å². The molecule has 6 heteroatoms. The first-order valence-corrected chi connectivity index (χ1v) is 40.1. The Bertz CT molecular complexity index is 2120. The first-order chi connectivity index (χ1) is 41.0. The van der Waals surface area contributed by atoms with E-state index >= 15 is 0 Å². The van der Waals surface area contributed by atoms with E-state index in [0.29, 0.717) is 0 Å². The molecule has 0 bridgehead atoms. The van der Waals surface area contributed by atoms with Crippen LogP contribution in [0.1, 0.15) is 390 Å². The van der Waals surface area contributed by atoms with Crippen molar-refractivity contribution in [1.29, 1.82) is 0 Å². The smallest absolute Gasteiger partial charge is 0.0983 e. The molecule has 83 heavy (non-hydrogen) atoms. The minimum absolute atomic E-state index is 1.02. The number of hydrogen-bond acceptors (Lipinski definition) is 4. The maximum absolute atomic E-state index is 5.62. The van der Waals surface area contributed by atoms with Gasteiger partial charge in [-0.1, -0.05) is 360 Å². The van der Waals surface area contributed by atoms with Gasteiger partial charge in [-0.3, -0.25) is 0 Å². The Morgan fingerprint density at radius 3 is 0.759 bits per heavy atom. The van der Waals surface area contributed by atoms with E-state index in [2.05, 4.69) is 83.8 Å². The highest BCUT2D eigenvalue weighted by atomic mass is 79.9. The van der Waals surface area contributed by atoms with Crippen LogP contribution in [-0.2, 0) is 19.3 Å². The molecule has 0 aliphatic rings. The van der Waals surface area contributed by atoms with Gasteiger partial charge < -0.3 is 0 Å². The highest BCUT2D eigenvalue weighted by Gasteiger charge is 2.20. The van der Waals surface area contributed by atoms with E-state index in [1.807, 2.05) is 22.7 Å². The molecule has 0 N–H and O–H groups in total. The van der Waals surface area contributed by atoms with Crippen molar-refractivity contribution >= 4 is 65.6 Å². The average molecular weight is 1310 g/mol. The van der Waals surface area contributed by atoms with Crippen molar-refractivity contribution in [2.24, 2.45) is 0 Å². The third-order valence-electron chi connectivity index (χ3n) is 18.5. The van der Waals surface area contributed by atoms with E-state index in [-0.39, 0.29) is 0 Å². The second kappa shape index (κ2) is 51.8. The van der Waals surface area contributed by atoms with Crippen LogP contribution in [0, 0.1) is 6.92 Å². The summed E-state index contributed by atoms with van der Waals surface area (Å²) in [5.41, 5.74) is 9.88. The quantitative estimate of drug-likeness (QED) is 0.0412. The molecule has 4 aromatic rings. The molecule has 0 amide bonds. The third-order valence-corrected chi connectivity index (χ3v) is 22.5. The van der Waals surface area contributed by atoms with Gasteiger partial charge in [-0.05, 0) is 101 Å². The molecule has 0 saturated carbocycles. The number of thiophene rings is 2. The summed E-state index contributed by atoms with van der Waals surface area (Å²) in [4.78, 5) is 13.8.